The van der Waals surface area contributed by atoms with Gasteiger partial charge in [-0.05, 0) is 18.9 Å². The SMILES string of the molecule is C/C=C/CCNC(=O)C(O)c1ccccc1. The highest BCUT2D eigenvalue weighted by atomic mass is 16.3. The highest BCUT2D eigenvalue weighted by Crippen LogP contribution is 2.11. The van der Waals surface area contributed by atoms with Crippen LogP contribution in [-0.4, -0.2) is 17.6 Å². The summed E-state index contributed by atoms with van der Waals surface area (Å²) in [5, 5.41) is 12.4. The Bertz CT molecular complexity index is 346. The van der Waals surface area contributed by atoms with Crippen molar-refractivity contribution >= 4 is 5.91 Å². The number of hydrogen-bond acceptors (Lipinski definition) is 2. The molecule has 0 aliphatic carbocycles. The van der Waals surface area contributed by atoms with E-state index < -0.39 is 6.10 Å². The number of amides is 1. The maximum Gasteiger partial charge on any atom is 0.253 e. The number of hydrogen-bond donors (Lipinski definition) is 2. The van der Waals surface area contributed by atoms with E-state index in [1.165, 1.54) is 0 Å². The van der Waals surface area contributed by atoms with Crippen molar-refractivity contribution in [3.8, 4) is 0 Å². The number of rotatable bonds is 5. The molecule has 0 bridgehead atoms. The van der Waals surface area contributed by atoms with Gasteiger partial charge >= 0.3 is 0 Å². The summed E-state index contributed by atoms with van der Waals surface area (Å²) in [6, 6.07) is 8.91. The van der Waals surface area contributed by atoms with Crippen LogP contribution in [0.5, 0.6) is 0 Å². The Balaban J connectivity index is 2.42. The standard InChI is InChI=1S/C13H17NO2/c1-2-3-7-10-14-13(16)12(15)11-8-5-4-6-9-11/h2-6,8-9,12,15H,7,10H2,1H3,(H,14,16)/b3-2+. The van der Waals surface area contributed by atoms with Crippen LogP contribution in [0.25, 0.3) is 0 Å². The number of aliphatic hydroxyl groups excluding tert-OH is 1. The maximum absolute atomic E-state index is 11.5. The van der Waals surface area contributed by atoms with Gasteiger partial charge in [0.1, 0.15) is 0 Å². The first-order valence-electron chi connectivity index (χ1n) is 5.37. The minimum absolute atomic E-state index is 0.351. The number of carbonyl (C=O) groups is 1. The van der Waals surface area contributed by atoms with Crippen molar-refractivity contribution in [3.05, 3.63) is 48.0 Å². The number of allylic oxidation sites excluding steroid dienone is 1. The van der Waals surface area contributed by atoms with Crippen LogP contribution in [0, 0.1) is 0 Å². The molecule has 86 valence electrons. The van der Waals surface area contributed by atoms with Crippen molar-refractivity contribution in [3.63, 3.8) is 0 Å². The molecule has 2 N–H and O–H groups in total. The van der Waals surface area contributed by atoms with E-state index in [9.17, 15) is 9.90 Å². The van der Waals surface area contributed by atoms with Gasteiger partial charge in [-0.3, -0.25) is 4.79 Å². The Morgan fingerprint density at radius 2 is 2.12 bits per heavy atom. The Morgan fingerprint density at radius 3 is 2.75 bits per heavy atom. The van der Waals surface area contributed by atoms with E-state index in [1.54, 1.807) is 24.3 Å². The van der Waals surface area contributed by atoms with E-state index in [4.69, 9.17) is 0 Å². The topological polar surface area (TPSA) is 49.3 Å². The van der Waals surface area contributed by atoms with E-state index in [-0.39, 0.29) is 5.91 Å². The first-order valence-corrected chi connectivity index (χ1v) is 5.37. The molecule has 0 fully saturated rings. The molecule has 0 aromatic heterocycles. The van der Waals surface area contributed by atoms with Crippen LogP contribution in [-0.2, 0) is 4.79 Å². The second-order valence-electron chi connectivity index (χ2n) is 3.46. The fourth-order valence-corrected chi connectivity index (χ4v) is 1.33. The van der Waals surface area contributed by atoms with Crippen molar-refractivity contribution in [2.24, 2.45) is 0 Å². The summed E-state index contributed by atoms with van der Waals surface area (Å²) in [6.07, 6.45) is 3.60. The monoisotopic (exact) mass is 219 g/mol. The van der Waals surface area contributed by atoms with Crippen molar-refractivity contribution in [1.82, 2.24) is 5.32 Å². The molecule has 1 aromatic carbocycles. The van der Waals surface area contributed by atoms with Crippen LogP contribution in [0.2, 0.25) is 0 Å². The molecule has 1 amide bonds. The van der Waals surface area contributed by atoms with Crippen LogP contribution in [0.1, 0.15) is 25.0 Å². The summed E-state index contributed by atoms with van der Waals surface area (Å²) >= 11 is 0. The van der Waals surface area contributed by atoms with Crippen molar-refractivity contribution in [1.29, 1.82) is 0 Å². The summed E-state index contributed by atoms with van der Waals surface area (Å²) in [7, 11) is 0. The van der Waals surface area contributed by atoms with Gasteiger partial charge in [0, 0.05) is 6.54 Å². The highest BCUT2D eigenvalue weighted by molar-refractivity contribution is 5.81. The normalized spacial score (nSPS) is 12.6. The molecule has 0 spiro atoms. The van der Waals surface area contributed by atoms with Crippen LogP contribution in [0.3, 0.4) is 0 Å². The number of carbonyl (C=O) groups excluding carboxylic acids is 1. The van der Waals surface area contributed by atoms with Gasteiger partial charge in [0.2, 0.25) is 0 Å². The molecule has 16 heavy (non-hydrogen) atoms. The molecule has 0 saturated heterocycles. The summed E-state index contributed by atoms with van der Waals surface area (Å²) in [4.78, 5) is 11.5. The van der Waals surface area contributed by atoms with Crippen molar-refractivity contribution < 1.29 is 9.90 Å². The van der Waals surface area contributed by atoms with E-state index >= 15 is 0 Å². The maximum atomic E-state index is 11.5. The zero-order valence-electron chi connectivity index (χ0n) is 9.39. The molecule has 0 saturated carbocycles. The summed E-state index contributed by atoms with van der Waals surface area (Å²) in [6.45, 7) is 2.48. The van der Waals surface area contributed by atoms with E-state index in [0.717, 1.165) is 6.42 Å². The van der Waals surface area contributed by atoms with Crippen LogP contribution >= 0.6 is 0 Å². The molecule has 0 heterocycles. The predicted octanol–water partition coefficient (Wildman–Crippen LogP) is 1.80. The average molecular weight is 219 g/mol. The lowest BCUT2D eigenvalue weighted by Crippen LogP contribution is -2.29. The fraction of sp³-hybridized carbons (Fsp3) is 0.308. The van der Waals surface area contributed by atoms with Crippen LogP contribution in [0.4, 0.5) is 0 Å². The second kappa shape index (κ2) is 6.80. The molecule has 3 nitrogen and oxygen atoms in total. The molecule has 1 aromatic rings. The molecule has 1 unspecified atom stereocenters. The van der Waals surface area contributed by atoms with Gasteiger partial charge in [0.15, 0.2) is 6.10 Å². The smallest absolute Gasteiger partial charge is 0.253 e. The Labute approximate surface area is 95.8 Å². The molecular formula is C13H17NO2. The summed E-state index contributed by atoms with van der Waals surface area (Å²) in [5.74, 6) is -0.351. The van der Waals surface area contributed by atoms with Crippen LogP contribution in [0.15, 0.2) is 42.5 Å². The molecule has 0 aliphatic rings. The molecule has 0 radical (unpaired) electrons. The fourth-order valence-electron chi connectivity index (χ4n) is 1.33. The highest BCUT2D eigenvalue weighted by Gasteiger charge is 2.15. The average Bonchev–Trinajstić information content (AvgIpc) is 2.34. The van der Waals surface area contributed by atoms with E-state index in [0.29, 0.717) is 12.1 Å². The molecule has 0 aliphatic heterocycles. The number of aliphatic hydroxyl groups is 1. The van der Waals surface area contributed by atoms with Crippen molar-refractivity contribution in [2.75, 3.05) is 6.54 Å². The molecular weight excluding hydrogens is 202 g/mol. The van der Waals surface area contributed by atoms with E-state index in [2.05, 4.69) is 5.32 Å². The molecule has 1 rings (SSSR count). The van der Waals surface area contributed by atoms with E-state index in [1.807, 2.05) is 25.1 Å². The molecule has 3 heteroatoms. The number of nitrogens with one attached hydrogen (secondary N) is 1. The minimum Gasteiger partial charge on any atom is -0.378 e. The predicted molar refractivity (Wildman–Crippen MR) is 63.8 cm³/mol. The Hall–Kier alpha value is -1.61. The van der Waals surface area contributed by atoms with Gasteiger partial charge in [-0.15, -0.1) is 0 Å². The lowest BCUT2D eigenvalue weighted by molar-refractivity contribution is -0.129. The van der Waals surface area contributed by atoms with Crippen LogP contribution < -0.4 is 5.32 Å². The lowest BCUT2D eigenvalue weighted by atomic mass is 10.1. The zero-order valence-corrected chi connectivity index (χ0v) is 9.39. The molecule has 1 atom stereocenters. The quantitative estimate of drug-likeness (QED) is 0.586. The first kappa shape index (κ1) is 12.5. The summed E-state index contributed by atoms with van der Waals surface area (Å²) < 4.78 is 0. The Kier molecular flexibility index (Phi) is 5.29. The van der Waals surface area contributed by atoms with Gasteiger partial charge in [-0.2, -0.15) is 0 Å². The summed E-state index contributed by atoms with van der Waals surface area (Å²) in [5.41, 5.74) is 0.617. The van der Waals surface area contributed by atoms with Gasteiger partial charge in [0.25, 0.3) is 5.91 Å². The Morgan fingerprint density at radius 1 is 1.44 bits per heavy atom. The third-order valence-corrected chi connectivity index (χ3v) is 2.21. The zero-order chi connectivity index (χ0) is 11.8. The lowest BCUT2D eigenvalue weighted by Gasteiger charge is -2.10. The second-order valence-corrected chi connectivity index (χ2v) is 3.46. The van der Waals surface area contributed by atoms with Gasteiger partial charge < -0.3 is 10.4 Å². The van der Waals surface area contributed by atoms with Gasteiger partial charge in [-0.1, -0.05) is 42.5 Å². The largest absolute Gasteiger partial charge is 0.378 e. The van der Waals surface area contributed by atoms with Crippen molar-refractivity contribution in [2.45, 2.75) is 19.4 Å². The van der Waals surface area contributed by atoms with Gasteiger partial charge in [-0.25, -0.2) is 0 Å². The minimum atomic E-state index is -1.08. The third-order valence-electron chi connectivity index (χ3n) is 2.21. The first-order chi connectivity index (χ1) is 7.75. The van der Waals surface area contributed by atoms with Gasteiger partial charge in [0.05, 0.1) is 0 Å². The number of benzene rings is 1. The third kappa shape index (κ3) is 3.87.